The predicted molar refractivity (Wildman–Crippen MR) is 132 cm³/mol. The van der Waals surface area contributed by atoms with Crippen LogP contribution in [-0.2, 0) is 13.1 Å². The molecule has 0 aliphatic carbocycles. The Kier molecular flexibility index (Phi) is 9.65. The largest absolute Gasteiger partial charge is 0.494 e. The molecule has 0 unspecified atom stereocenters. The molecule has 0 aliphatic heterocycles. The van der Waals surface area contributed by atoms with Crippen molar-refractivity contribution in [3.05, 3.63) is 83.7 Å². The van der Waals surface area contributed by atoms with Crippen LogP contribution in [-0.4, -0.2) is 52.6 Å². The van der Waals surface area contributed by atoms with Crippen molar-refractivity contribution in [3.63, 3.8) is 0 Å². The fraction of sp³-hybridized carbons (Fsp3) is 0.346. The average molecular weight is 482 g/mol. The van der Waals surface area contributed by atoms with Gasteiger partial charge in [-0.15, -0.1) is 0 Å². The lowest BCUT2D eigenvalue weighted by atomic mass is 10.1. The topological polar surface area (TPSA) is 88.5 Å². The monoisotopic (exact) mass is 481 g/mol. The number of benzene rings is 2. The number of carbonyl (C=O) groups is 2. The molecule has 0 atom stereocenters. The first-order valence-corrected chi connectivity index (χ1v) is 11.7. The van der Waals surface area contributed by atoms with Crippen LogP contribution in [0.15, 0.2) is 61.2 Å². The maximum absolute atomic E-state index is 13.7. The van der Waals surface area contributed by atoms with E-state index in [0.717, 1.165) is 24.3 Å². The van der Waals surface area contributed by atoms with Gasteiger partial charge in [0.25, 0.3) is 5.91 Å². The SMILES string of the molecule is CCOc1ccc(CN(CCCn2ccnc2)C(=O)NCCNC(=O)c2ccc(C)c(F)c2)cc1. The maximum atomic E-state index is 13.7. The van der Waals surface area contributed by atoms with Gasteiger partial charge in [-0.05, 0) is 55.7 Å². The first-order valence-electron chi connectivity index (χ1n) is 11.7. The Hall–Kier alpha value is -3.88. The van der Waals surface area contributed by atoms with Crippen LogP contribution in [0.25, 0.3) is 0 Å². The number of urea groups is 1. The van der Waals surface area contributed by atoms with Gasteiger partial charge in [0.15, 0.2) is 0 Å². The van der Waals surface area contributed by atoms with E-state index in [4.69, 9.17) is 4.74 Å². The average Bonchev–Trinajstić information content (AvgIpc) is 3.37. The van der Waals surface area contributed by atoms with Crippen molar-refractivity contribution in [3.8, 4) is 5.75 Å². The van der Waals surface area contributed by atoms with Crippen molar-refractivity contribution >= 4 is 11.9 Å². The lowest BCUT2D eigenvalue weighted by Crippen LogP contribution is -2.43. The van der Waals surface area contributed by atoms with Gasteiger partial charge < -0.3 is 24.8 Å². The Morgan fingerprint density at radius 1 is 1.11 bits per heavy atom. The molecule has 0 bridgehead atoms. The summed E-state index contributed by atoms with van der Waals surface area (Å²) in [6.45, 7) is 6.38. The number of aryl methyl sites for hydroxylation is 2. The van der Waals surface area contributed by atoms with Gasteiger partial charge in [-0.1, -0.05) is 18.2 Å². The Balaban J connectivity index is 1.51. The number of carbonyl (C=O) groups excluding carboxylic acids is 2. The third kappa shape index (κ3) is 8.13. The van der Waals surface area contributed by atoms with Gasteiger partial charge in [0.2, 0.25) is 0 Å². The summed E-state index contributed by atoms with van der Waals surface area (Å²) in [5, 5.41) is 5.57. The van der Waals surface area contributed by atoms with E-state index in [1.54, 1.807) is 36.5 Å². The highest BCUT2D eigenvalue weighted by molar-refractivity contribution is 5.94. The molecule has 1 heterocycles. The van der Waals surface area contributed by atoms with Crippen LogP contribution in [0, 0.1) is 12.7 Å². The second kappa shape index (κ2) is 13.1. The van der Waals surface area contributed by atoms with Crippen LogP contribution in [0.2, 0.25) is 0 Å². The van der Waals surface area contributed by atoms with Crippen LogP contribution >= 0.6 is 0 Å². The number of halogens is 1. The second-order valence-corrected chi connectivity index (χ2v) is 8.10. The molecular formula is C26H32FN5O3. The van der Waals surface area contributed by atoms with E-state index in [1.807, 2.05) is 42.0 Å². The third-order valence-electron chi connectivity index (χ3n) is 5.42. The van der Waals surface area contributed by atoms with Crippen LogP contribution < -0.4 is 15.4 Å². The van der Waals surface area contributed by atoms with E-state index < -0.39 is 5.82 Å². The standard InChI is InChI=1S/C26H32FN5O3/c1-3-35-23-9-6-21(7-10-23)18-32(15-4-14-31-16-13-28-19-31)26(34)30-12-11-29-25(33)22-8-5-20(2)24(27)17-22/h5-10,13,16-17,19H,3-4,11-12,14-15,18H2,1-2H3,(H,29,33)(H,30,34). The zero-order valence-corrected chi connectivity index (χ0v) is 20.2. The number of imidazole rings is 1. The number of nitrogens with one attached hydrogen (secondary N) is 2. The minimum absolute atomic E-state index is 0.222. The summed E-state index contributed by atoms with van der Waals surface area (Å²) in [5.74, 6) is -0.0205. The molecule has 1 aromatic heterocycles. The van der Waals surface area contributed by atoms with Gasteiger partial charge in [0, 0.05) is 50.7 Å². The molecule has 0 radical (unpaired) electrons. The Bertz CT molecular complexity index is 1090. The van der Waals surface area contributed by atoms with E-state index in [-0.39, 0.29) is 30.6 Å². The highest BCUT2D eigenvalue weighted by Gasteiger charge is 2.14. The van der Waals surface area contributed by atoms with Gasteiger partial charge in [0.1, 0.15) is 11.6 Å². The molecule has 3 aromatic rings. The maximum Gasteiger partial charge on any atom is 0.317 e. The Morgan fingerprint density at radius 2 is 1.89 bits per heavy atom. The normalized spacial score (nSPS) is 10.6. The van der Waals surface area contributed by atoms with E-state index in [0.29, 0.717) is 25.3 Å². The number of aromatic nitrogens is 2. The summed E-state index contributed by atoms with van der Waals surface area (Å²) < 4.78 is 21.2. The molecular weight excluding hydrogens is 449 g/mol. The molecule has 186 valence electrons. The van der Waals surface area contributed by atoms with Crippen LogP contribution in [0.5, 0.6) is 5.75 Å². The summed E-state index contributed by atoms with van der Waals surface area (Å²) in [7, 11) is 0. The summed E-state index contributed by atoms with van der Waals surface area (Å²) in [5.41, 5.74) is 1.71. The zero-order valence-electron chi connectivity index (χ0n) is 20.2. The van der Waals surface area contributed by atoms with Crippen molar-refractivity contribution in [2.24, 2.45) is 0 Å². The molecule has 8 nitrogen and oxygen atoms in total. The highest BCUT2D eigenvalue weighted by atomic mass is 19.1. The molecule has 0 saturated carbocycles. The molecule has 3 amide bonds. The number of hydrogen-bond acceptors (Lipinski definition) is 4. The molecule has 35 heavy (non-hydrogen) atoms. The Morgan fingerprint density at radius 3 is 2.57 bits per heavy atom. The van der Waals surface area contributed by atoms with E-state index in [1.165, 1.54) is 6.07 Å². The lowest BCUT2D eigenvalue weighted by Gasteiger charge is -2.23. The summed E-state index contributed by atoms with van der Waals surface area (Å²) in [4.78, 5) is 30.9. The van der Waals surface area contributed by atoms with Crippen molar-refractivity contribution in [2.45, 2.75) is 33.4 Å². The zero-order chi connectivity index (χ0) is 25.0. The minimum atomic E-state index is -0.424. The number of hydrogen-bond donors (Lipinski definition) is 2. The van der Waals surface area contributed by atoms with Crippen LogP contribution in [0.1, 0.15) is 34.8 Å². The number of amides is 3. The molecule has 0 spiro atoms. The second-order valence-electron chi connectivity index (χ2n) is 8.10. The molecule has 0 fully saturated rings. The number of ether oxygens (including phenoxy) is 1. The number of nitrogens with zero attached hydrogens (tertiary/aromatic N) is 3. The van der Waals surface area contributed by atoms with Crippen LogP contribution in [0.3, 0.4) is 0 Å². The van der Waals surface area contributed by atoms with Crippen molar-refractivity contribution in [1.82, 2.24) is 25.1 Å². The smallest absolute Gasteiger partial charge is 0.317 e. The van der Waals surface area contributed by atoms with Gasteiger partial charge >= 0.3 is 6.03 Å². The molecule has 3 rings (SSSR count). The van der Waals surface area contributed by atoms with Crippen molar-refractivity contribution in [2.75, 3.05) is 26.2 Å². The van der Waals surface area contributed by atoms with Gasteiger partial charge in [0.05, 0.1) is 12.9 Å². The quantitative estimate of drug-likeness (QED) is 0.386. The van der Waals surface area contributed by atoms with E-state index in [2.05, 4.69) is 15.6 Å². The molecule has 0 saturated heterocycles. The third-order valence-corrected chi connectivity index (χ3v) is 5.42. The molecule has 9 heteroatoms. The summed E-state index contributed by atoms with van der Waals surface area (Å²) >= 11 is 0. The van der Waals surface area contributed by atoms with Gasteiger partial charge in [-0.3, -0.25) is 4.79 Å². The van der Waals surface area contributed by atoms with Crippen molar-refractivity contribution in [1.29, 1.82) is 0 Å². The van der Waals surface area contributed by atoms with E-state index in [9.17, 15) is 14.0 Å². The fourth-order valence-electron chi connectivity index (χ4n) is 3.49. The van der Waals surface area contributed by atoms with Crippen molar-refractivity contribution < 1.29 is 18.7 Å². The lowest BCUT2D eigenvalue weighted by molar-refractivity contribution is 0.0953. The van der Waals surface area contributed by atoms with Gasteiger partial charge in [-0.2, -0.15) is 0 Å². The fourth-order valence-corrected chi connectivity index (χ4v) is 3.49. The van der Waals surface area contributed by atoms with E-state index >= 15 is 0 Å². The molecule has 0 aliphatic rings. The van der Waals surface area contributed by atoms with Gasteiger partial charge in [-0.25, -0.2) is 14.2 Å². The molecule has 2 N–H and O–H groups in total. The first-order chi connectivity index (χ1) is 17.0. The van der Waals surface area contributed by atoms with Crippen LogP contribution in [0.4, 0.5) is 9.18 Å². The Labute approximate surface area is 205 Å². The molecule has 2 aromatic carbocycles. The summed E-state index contributed by atoms with van der Waals surface area (Å²) in [6.07, 6.45) is 6.12. The predicted octanol–water partition coefficient (Wildman–Crippen LogP) is 3.76. The first kappa shape index (κ1) is 25.7. The summed E-state index contributed by atoms with van der Waals surface area (Å²) in [6, 6.07) is 11.8. The minimum Gasteiger partial charge on any atom is -0.494 e. The number of rotatable bonds is 12. The highest BCUT2D eigenvalue weighted by Crippen LogP contribution is 2.14.